The Morgan fingerprint density at radius 2 is 2.14 bits per heavy atom. The molecule has 0 spiro atoms. The number of hydrogen-bond donors (Lipinski definition) is 1. The van der Waals surface area contributed by atoms with Gasteiger partial charge in [0.2, 0.25) is 11.8 Å². The van der Waals surface area contributed by atoms with E-state index in [1.807, 2.05) is 0 Å². The maximum Gasteiger partial charge on any atom is 0.244 e. The van der Waals surface area contributed by atoms with Crippen molar-refractivity contribution < 1.29 is 9.59 Å². The molecule has 5 heteroatoms. The molecule has 1 aromatic rings. The van der Waals surface area contributed by atoms with Gasteiger partial charge < -0.3 is 10.2 Å². The molecule has 1 aromatic heterocycles. The minimum atomic E-state index is -0.152. The fraction of sp³-hybridized carbons (Fsp3) is 0.588. The molecule has 0 saturated heterocycles. The van der Waals surface area contributed by atoms with Gasteiger partial charge in [0, 0.05) is 12.6 Å². The summed E-state index contributed by atoms with van der Waals surface area (Å²) in [7, 11) is 0. The van der Waals surface area contributed by atoms with Crippen molar-refractivity contribution in [1.82, 2.24) is 4.98 Å². The number of carbonyl (C=O) groups is 2. The predicted octanol–water partition coefficient (Wildman–Crippen LogP) is 3.12. The van der Waals surface area contributed by atoms with Gasteiger partial charge >= 0.3 is 0 Å². The lowest BCUT2D eigenvalue weighted by Crippen LogP contribution is -2.42. The molecular formula is C17H23N3O2. The molecular weight excluding hydrogens is 278 g/mol. The summed E-state index contributed by atoms with van der Waals surface area (Å²) in [5.41, 5.74) is 1.39. The van der Waals surface area contributed by atoms with Crippen molar-refractivity contribution in [2.75, 3.05) is 16.8 Å². The highest BCUT2D eigenvalue weighted by Gasteiger charge is 2.26. The van der Waals surface area contributed by atoms with E-state index >= 15 is 0 Å². The monoisotopic (exact) mass is 301 g/mol. The molecule has 0 unspecified atom stereocenters. The van der Waals surface area contributed by atoms with Gasteiger partial charge in [-0.3, -0.25) is 14.6 Å². The average molecular weight is 301 g/mol. The fourth-order valence-corrected chi connectivity index (χ4v) is 3.51. The zero-order chi connectivity index (χ0) is 15.4. The summed E-state index contributed by atoms with van der Waals surface area (Å²) in [6.07, 6.45) is 12.5. The van der Waals surface area contributed by atoms with E-state index in [9.17, 15) is 9.59 Å². The van der Waals surface area contributed by atoms with Crippen molar-refractivity contribution in [3.63, 3.8) is 0 Å². The van der Waals surface area contributed by atoms with Gasteiger partial charge in [-0.25, -0.2) is 0 Å². The van der Waals surface area contributed by atoms with Crippen LogP contribution < -0.4 is 10.2 Å². The van der Waals surface area contributed by atoms with E-state index in [0.717, 1.165) is 24.4 Å². The average Bonchev–Trinajstić information content (AvgIpc) is 2.55. The number of amides is 2. The topological polar surface area (TPSA) is 62.3 Å². The van der Waals surface area contributed by atoms with Crippen LogP contribution in [0.1, 0.15) is 51.4 Å². The summed E-state index contributed by atoms with van der Waals surface area (Å²) in [5, 5.41) is 2.76. The molecule has 5 nitrogen and oxygen atoms in total. The van der Waals surface area contributed by atoms with E-state index in [1.165, 1.54) is 32.1 Å². The summed E-state index contributed by atoms with van der Waals surface area (Å²) in [6, 6.07) is 1.79. The van der Waals surface area contributed by atoms with E-state index in [2.05, 4.69) is 10.3 Å². The van der Waals surface area contributed by atoms with Gasteiger partial charge in [-0.2, -0.15) is 0 Å². The molecule has 0 atom stereocenters. The third-order valence-corrected chi connectivity index (χ3v) is 4.69. The lowest BCUT2D eigenvalue weighted by molar-refractivity contribution is -0.122. The number of nitrogens with one attached hydrogen (secondary N) is 1. The highest BCUT2D eigenvalue weighted by Crippen LogP contribution is 2.30. The molecule has 0 radical (unpaired) electrons. The molecule has 1 aliphatic carbocycles. The summed E-state index contributed by atoms with van der Waals surface area (Å²) < 4.78 is 0. The Kier molecular flexibility index (Phi) is 4.71. The van der Waals surface area contributed by atoms with Crippen LogP contribution in [0.4, 0.5) is 11.4 Å². The van der Waals surface area contributed by atoms with Crippen LogP contribution in [0.25, 0.3) is 0 Å². The zero-order valence-corrected chi connectivity index (χ0v) is 12.9. The minimum absolute atomic E-state index is 0.0399. The number of rotatable bonds is 4. The Morgan fingerprint density at radius 3 is 2.95 bits per heavy atom. The highest BCUT2D eigenvalue weighted by atomic mass is 16.2. The van der Waals surface area contributed by atoms with Crippen LogP contribution >= 0.6 is 0 Å². The molecule has 2 heterocycles. The summed E-state index contributed by atoms with van der Waals surface area (Å²) in [4.78, 5) is 29.8. The van der Waals surface area contributed by atoms with E-state index in [0.29, 0.717) is 12.1 Å². The Morgan fingerprint density at radius 1 is 1.32 bits per heavy atom. The maximum atomic E-state index is 12.5. The number of aromatic nitrogens is 1. The van der Waals surface area contributed by atoms with Crippen LogP contribution in [0.15, 0.2) is 18.5 Å². The van der Waals surface area contributed by atoms with Gasteiger partial charge in [0.25, 0.3) is 0 Å². The first-order chi connectivity index (χ1) is 10.7. The van der Waals surface area contributed by atoms with Crippen molar-refractivity contribution in [2.45, 2.75) is 51.4 Å². The molecule has 2 aliphatic rings. The van der Waals surface area contributed by atoms with Gasteiger partial charge in [0.15, 0.2) is 0 Å². The molecule has 1 fully saturated rings. The molecule has 0 aromatic carbocycles. The maximum absolute atomic E-state index is 12.5. The van der Waals surface area contributed by atoms with Crippen molar-refractivity contribution in [1.29, 1.82) is 0 Å². The summed E-state index contributed by atoms with van der Waals surface area (Å²) in [6.45, 7) is 0.110. The quantitative estimate of drug-likeness (QED) is 0.929. The smallest absolute Gasteiger partial charge is 0.244 e. The van der Waals surface area contributed by atoms with Gasteiger partial charge in [0.05, 0.1) is 17.6 Å². The van der Waals surface area contributed by atoms with E-state index in [1.54, 1.807) is 23.4 Å². The third-order valence-electron chi connectivity index (χ3n) is 4.69. The van der Waals surface area contributed by atoms with Crippen molar-refractivity contribution in [3.05, 3.63) is 18.5 Å². The van der Waals surface area contributed by atoms with Crippen LogP contribution in [0.2, 0.25) is 0 Å². The highest BCUT2D eigenvalue weighted by molar-refractivity contribution is 6.09. The summed E-state index contributed by atoms with van der Waals surface area (Å²) in [5.74, 6) is 0.682. The fourth-order valence-electron chi connectivity index (χ4n) is 3.51. The lowest BCUT2D eigenvalue weighted by atomic mass is 9.86. The van der Waals surface area contributed by atoms with Gasteiger partial charge in [0.1, 0.15) is 6.54 Å². The Balaban J connectivity index is 1.56. The molecule has 1 saturated carbocycles. The number of pyridine rings is 1. The molecule has 22 heavy (non-hydrogen) atoms. The van der Waals surface area contributed by atoms with Crippen molar-refractivity contribution in [3.8, 4) is 0 Å². The SMILES string of the molecule is O=C1CN(C(=O)CCCC2CCCCC2)c2ccncc2N1. The van der Waals surface area contributed by atoms with Crippen LogP contribution in [-0.4, -0.2) is 23.3 Å². The first kappa shape index (κ1) is 15.0. The second-order valence-corrected chi connectivity index (χ2v) is 6.32. The van der Waals surface area contributed by atoms with Crippen LogP contribution in [0, 0.1) is 5.92 Å². The van der Waals surface area contributed by atoms with Gasteiger partial charge in [-0.05, 0) is 24.8 Å². The normalized spacial score (nSPS) is 18.7. The van der Waals surface area contributed by atoms with Crippen LogP contribution in [0.3, 0.4) is 0 Å². The van der Waals surface area contributed by atoms with E-state index < -0.39 is 0 Å². The molecule has 118 valence electrons. The largest absolute Gasteiger partial charge is 0.321 e. The molecule has 3 rings (SSSR count). The second kappa shape index (κ2) is 6.90. The van der Waals surface area contributed by atoms with Crippen LogP contribution in [-0.2, 0) is 9.59 Å². The number of anilines is 2. The lowest BCUT2D eigenvalue weighted by Gasteiger charge is -2.29. The van der Waals surface area contributed by atoms with Crippen molar-refractivity contribution >= 4 is 23.2 Å². The summed E-state index contributed by atoms with van der Waals surface area (Å²) >= 11 is 0. The predicted molar refractivity (Wildman–Crippen MR) is 85.6 cm³/mol. The molecule has 1 N–H and O–H groups in total. The Hall–Kier alpha value is -1.91. The number of carbonyl (C=O) groups excluding carboxylic acids is 2. The molecule has 1 aliphatic heterocycles. The number of fused-ring (bicyclic) bond motifs is 1. The Bertz CT molecular complexity index is 553. The van der Waals surface area contributed by atoms with Gasteiger partial charge in [-0.1, -0.05) is 32.1 Å². The molecule has 0 bridgehead atoms. The van der Waals surface area contributed by atoms with Crippen LogP contribution in [0.5, 0.6) is 0 Å². The van der Waals surface area contributed by atoms with E-state index in [4.69, 9.17) is 0 Å². The first-order valence-corrected chi connectivity index (χ1v) is 8.28. The molecule has 2 amide bonds. The third kappa shape index (κ3) is 3.46. The Labute approximate surface area is 131 Å². The van der Waals surface area contributed by atoms with E-state index in [-0.39, 0.29) is 18.4 Å². The minimum Gasteiger partial charge on any atom is -0.321 e. The van der Waals surface area contributed by atoms with Crippen molar-refractivity contribution in [2.24, 2.45) is 5.92 Å². The first-order valence-electron chi connectivity index (χ1n) is 8.28. The second-order valence-electron chi connectivity index (χ2n) is 6.32. The number of hydrogen-bond acceptors (Lipinski definition) is 3. The zero-order valence-electron chi connectivity index (χ0n) is 12.9. The number of nitrogens with zero attached hydrogens (tertiary/aromatic N) is 2. The van der Waals surface area contributed by atoms with Gasteiger partial charge in [-0.15, -0.1) is 0 Å². The standard InChI is InChI=1S/C17H23N3O2/c21-16-12-20(15-9-10-18-11-14(15)19-16)17(22)8-4-7-13-5-2-1-3-6-13/h9-11,13H,1-8,12H2,(H,19,21).